The molecule has 0 heterocycles. The summed E-state index contributed by atoms with van der Waals surface area (Å²) in [5.74, 6) is -1.70. The van der Waals surface area contributed by atoms with Crippen LogP contribution in [-0.2, 0) is 11.3 Å². The van der Waals surface area contributed by atoms with E-state index >= 15 is 0 Å². The fraction of sp³-hybridized carbons (Fsp3) is 0.533. The van der Waals surface area contributed by atoms with Gasteiger partial charge in [0.1, 0.15) is 0 Å². The van der Waals surface area contributed by atoms with Crippen molar-refractivity contribution < 1.29 is 13.6 Å². The van der Waals surface area contributed by atoms with Gasteiger partial charge in [0, 0.05) is 20.1 Å². The highest BCUT2D eigenvalue weighted by Crippen LogP contribution is 2.16. The van der Waals surface area contributed by atoms with Gasteiger partial charge in [-0.15, -0.1) is 0 Å². The highest BCUT2D eigenvalue weighted by molar-refractivity contribution is 5.78. The first-order chi connectivity index (χ1) is 9.35. The lowest BCUT2D eigenvalue weighted by atomic mass is 9.96. The van der Waals surface area contributed by atoms with Crippen molar-refractivity contribution in [2.24, 2.45) is 17.6 Å². The lowest BCUT2D eigenvalue weighted by molar-refractivity contribution is -0.134. The topological polar surface area (TPSA) is 46.3 Å². The molecule has 0 spiro atoms. The van der Waals surface area contributed by atoms with E-state index in [0.29, 0.717) is 18.0 Å². The smallest absolute Gasteiger partial charge is 0.227 e. The van der Waals surface area contributed by atoms with E-state index in [-0.39, 0.29) is 18.4 Å². The van der Waals surface area contributed by atoms with Gasteiger partial charge in [-0.2, -0.15) is 0 Å². The molecule has 0 fully saturated rings. The second-order valence-corrected chi connectivity index (χ2v) is 5.50. The minimum Gasteiger partial charge on any atom is -0.341 e. The van der Waals surface area contributed by atoms with E-state index in [9.17, 15) is 13.6 Å². The van der Waals surface area contributed by atoms with E-state index in [1.54, 1.807) is 7.05 Å². The fourth-order valence-electron chi connectivity index (χ4n) is 2.17. The van der Waals surface area contributed by atoms with Crippen molar-refractivity contribution in [2.45, 2.75) is 26.8 Å². The number of halogens is 2. The Morgan fingerprint density at radius 3 is 2.45 bits per heavy atom. The highest BCUT2D eigenvalue weighted by atomic mass is 19.2. The van der Waals surface area contributed by atoms with Gasteiger partial charge in [0.15, 0.2) is 11.6 Å². The number of rotatable bonds is 6. The molecule has 2 N–H and O–H groups in total. The molecule has 1 aromatic carbocycles. The van der Waals surface area contributed by atoms with Crippen molar-refractivity contribution in [1.29, 1.82) is 0 Å². The molecule has 1 atom stereocenters. The SMILES string of the molecule is CC(C)CC(CN)C(=O)N(C)Cc1ccc(F)c(F)c1. The number of carbonyl (C=O) groups is 1. The maximum atomic E-state index is 13.1. The summed E-state index contributed by atoms with van der Waals surface area (Å²) in [6, 6.07) is 3.65. The van der Waals surface area contributed by atoms with Crippen LogP contribution in [-0.4, -0.2) is 24.4 Å². The molecular weight excluding hydrogens is 262 g/mol. The van der Waals surface area contributed by atoms with Gasteiger partial charge in [-0.25, -0.2) is 8.78 Å². The minimum atomic E-state index is -0.902. The van der Waals surface area contributed by atoms with Crippen molar-refractivity contribution in [1.82, 2.24) is 4.90 Å². The lowest BCUT2D eigenvalue weighted by Gasteiger charge is -2.24. The van der Waals surface area contributed by atoms with Crippen LogP contribution in [0.3, 0.4) is 0 Å². The number of nitrogens with two attached hydrogens (primary N) is 1. The standard InChI is InChI=1S/C15H22F2N2O/c1-10(2)6-12(8-18)15(20)19(3)9-11-4-5-13(16)14(17)7-11/h4-5,7,10,12H,6,8-9,18H2,1-3H3. The predicted octanol–water partition coefficient (Wildman–Crippen LogP) is 2.54. The molecule has 0 bridgehead atoms. The van der Waals surface area contributed by atoms with Crippen LogP contribution in [0.2, 0.25) is 0 Å². The minimum absolute atomic E-state index is 0.0640. The molecule has 3 nitrogen and oxygen atoms in total. The van der Waals surface area contributed by atoms with Gasteiger partial charge >= 0.3 is 0 Å². The van der Waals surface area contributed by atoms with Crippen molar-refractivity contribution in [2.75, 3.05) is 13.6 Å². The Bertz CT molecular complexity index is 463. The summed E-state index contributed by atoms with van der Waals surface area (Å²) < 4.78 is 26.0. The van der Waals surface area contributed by atoms with Crippen LogP contribution in [0.25, 0.3) is 0 Å². The fourth-order valence-corrected chi connectivity index (χ4v) is 2.17. The Labute approximate surface area is 118 Å². The first-order valence-electron chi connectivity index (χ1n) is 6.74. The van der Waals surface area contributed by atoms with Gasteiger partial charge in [-0.3, -0.25) is 4.79 Å². The molecule has 0 aliphatic heterocycles. The predicted molar refractivity (Wildman–Crippen MR) is 74.8 cm³/mol. The molecule has 1 rings (SSSR count). The molecule has 0 aromatic heterocycles. The van der Waals surface area contributed by atoms with Crippen molar-refractivity contribution in [3.05, 3.63) is 35.4 Å². The zero-order valence-electron chi connectivity index (χ0n) is 12.2. The van der Waals surface area contributed by atoms with Crippen LogP contribution in [0, 0.1) is 23.5 Å². The van der Waals surface area contributed by atoms with E-state index in [0.717, 1.165) is 18.6 Å². The summed E-state index contributed by atoms with van der Waals surface area (Å²) in [6.45, 7) is 4.60. The van der Waals surface area contributed by atoms with Crippen LogP contribution in [0.15, 0.2) is 18.2 Å². The van der Waals surface area contributed by atoms with E-state index in [4.69, 9.17) is 5.73 Å². The number of carbonyl (C=O) groups excluding carboxylic acids is 1. The average molecular weight is 284 g/mol. The zero-order chi connectivity index (χ0) is 15.3. The quantitative estimate of drug-likeness (QED) is 0.872. The second kappa shape index (κ2) is 7.33. The second-order valence-electron chi connectivity index (χ2n) is 5.50. The van der Waals surface area contributed by atoms with Crippen molar-refractivity contribution in [3.8, 4) is 0 Å². The van der Waals surface area contributed by atoms with Gasteiger partial charge in [0.25, 0.3) is 0 Å². The van der Waals surface area contributed by atoms with Gasteiger partial charge in [0.05, 0.1) is 5.92 Å². The third kappa shape index (κ3) is 4.56. The first-order valence-corrected chi connectivity index (χ1v) is 6.74. The molecule has 0 radical (unpaired) electrons. The van der Waals surface area contributed by atoms with E-state index in [2.05, 4.69) is 0 Å². The van der Waals surface area contributed by atoms with Crippen LogP contribution in [0.5, 0.6) is 0 Å². The maximum absolute atomic E-state index is 13.1. The lowest BCUT2D eigenvalue weighted by Crippen LogP contribution is -2.37. The van der Waals surface area contributed by atoms with E-state index in [1.807, 2.05) is 13.8 Å². The Kier molecular flexibility index (Phi) is 6.07. The molecule has 5 heteroatoms. The molecule has 0 aliphatic carbocycles. The summed E-state index contributed by atoms with van der Waals surface area (Å²) in [5, 5.41) is 0. The monoisotopic (exact) mass is 284 g/mol. The van der Waals surface area contributed by atoms with E-state index in [1.165, 1.54) is 11.0 Å². The maximum Gasteiger partial charge on any atom is 0.227 e. The molecule has 1 aromatic rings. The van der Waals surface area contributed by atoms with Crippen LogP contribution < -0.4 is 5.73 Å². The van der Waals surface area contributed by atoms with Crippen LogP contribution in [0.4, 0.5) is 8.78 Å². The molecule has 112 valence electrons. The summed E-state index contributed by atoms with van der Waals surface area (Å²) in [5.41, 5.74) is 6.20. The van der Waals surface area contributed by atoms with E-state index < -0.39 is 11.6 Å². The number of hydrogen-bond acceptors (Lipinski definition) is 2. The zero-order valence-corrected chi connectivity index (χ0v) is 12.2. The summed E-state index contributed by atoms with van der Waals surface area (Å²) in [6.07, 6.45) is 0.720. The largest absolute Gasteiger partial charge is 0.341 e. The highest BCUT2D eigenvalue weighted by Gasteiger charge is 2.22. The van der Waals surface area contributed by atoms with Gasteiger partial charge in [-0.05, 0) is 30.0 Å². The summed E-state index contributed by atoms with van der Waals surface area (Å²) in [7, 11) is 1.65. The number of amides is 1. The summed E-state index contributed by atoms with van der Waals surface area (Å²) >= 11 is 0. The molecule has 1 unspecified atom stereocenters. The third-order valence-corrected chi connectivity index (χ3v) is 3.17. The van der Waals surface area contributed by atoms with Crippen molar-refractivity contribution >= 4 is 5.91 Å². The molecule has 20 heavy (non-hydrogen) atoms. The van der Waals surface area contributed by atoms with Crippen LogP contribution in [0.1, 0.15) is 25.8 Å². The average Bonchev–Trinajstić information content (AvgIpc) is 2.39. The van der Waals surface area contributed by atoms with Gasteiger partial charge in [0.2, 0.25) is 5.91 Å². The summed E-state index contributed by atoms with van der Waals surface area (Å²) in [4.78, 5) is 13.8. The number of nitrogens with zero attached hydrogens (tertiary/aromatic N) is 1. The molecule has 1 amide bonds. The van der Waals surface area contributed by atoms with Gasteiger partial charge < -0.3 is 10.6 Å². The Balaban J connectivity index is 2.71. The Hall–Kier alpha value is -1.49. The molecular formula is C15H22F2N2O. The molecule has 0 saturated heterocycles. The number of benzene rings is 1. The third-order valence-electron chi connectivity index (χ3n) is 3.17. The van der Waals surface area contributed by atoms with Gasteiger partial charge in [-0.1, -0.05) is 19.9 Å². The number of hydrogen-bond donors (Lipinski definition) is 1. The molecule has 0 aliphatic rings. The normalized spacial score (nSPS) is 12.6. The van der Waals surface area contributed by atoms with Crippen LogP contribution >= 0.6 is 0 Å². The van der Waals surface area contributed by atoms with Crippen molar-refractivity contribution in [3.63, 3.8) is 0 Å². The Morgan fingerprint density at radius 1 is 1.30 bits per heavy atom. The first kappa shape index (κ1) is 16.6. The Morgan fingerprint density at radius 2 is 1.95 bits per heavy atom. The molecule has 0 saturated carbocycles.